The van der Waals surface area contributed by atoms with Crippen LogP contribution in [0.2, 0.25) is 0 Å². The van der Waals surface area contributed by atoms with Crippen molar-refractivity contribution in [3.8, 4) is 5.75 Å². The third-order valence-electron chi connectivity index (χ3n) is 3.54. The number of hydrogen-bond donors (Lipinski definition) is 3. The van der Waals surface area contributed by atoms with Crippen molar-refractivity contribution in [1.29, 1.82) is 0 Å². The fourth-order valence-corrected chi connectivity index (χ4v) is 2.08. The number of hydrogen-bond acceptors (Lipinski definition) is 4. The molecule has 0 amide bonds. The van der Waals surface area contributed by atoms with Crippen LogP contribution in [0.3, 0.4) is 0 Å². The average Bonchev–Trinajstić information content (AvgIpc) is 2.50. The molecule has 1 unspecified atom stereocenters. The summed E-state index contributed by atoms with van der Waals surface area (Å²) in [6.45, 7) is 1.55. The number of ketones is 1. The van der Waals surface area contributed by atoms with Gasteiger partial charge in [-0.1, -0.05) is 19.1 Å². The molecule has 0 bridgehead atoms. The van der Waals surface area contributed by atoms with Gasteiger partial charge in [-0.2, -0.15) is 0 Å². The van der Waals surface area contributed by atoms with Crippen molar-refractivity contribution in [1.82, 2.24) is 0 Å². The number of benzene rings is 1. The first-order valence-corrected chi connectivity index (χ1v) is 7.31. The third kappa shape index (κ3) is 5.69. The van der Waals surface area contributed by atoms with Crippen LogP contribution >= 0.6 is 0 Å². The highest BCUT2D eigenvalue weighted by Gasteiger charge is 2.12. The number of carboxylic acids is 1. The number of aryl methyl sites for hydroxylation is 1. The zero-order chi connectivity index (χ0) is 16.5. The molecule has 0 spiro atoms. The minimum absolute atomic E-state index is 0.0387. The van der Waals surface area contributed by atoms with Crippen LogP contribution in [0.5, 0.6) is 5.75 Å². The van der Waals surface area contributed by atoms with Gasteiger partial charge in [0.1, 0.15) is 5.75 Å². The Bertz CT molecular complexity index is 548. The fourth-order valence-electron chi connectivity index (χ4n) is 2.08. The zero-order valence-corrected chi connectivity index (χ0v) is 12.7. The molecule has 1 aromatic rings. The predicted octanol–water partition coefficient (Wildman–Crippen LogP) is 2.44. The smallest absolute Gasteiger partial charge is 0.306 e. The summed E-state index contributed by atoms with van der Waals surface area (Å²) in [5.41, 5.74) is 1.30. The molecule has 0 aliphatic heterocycles. The Morgan fingerprint density at radius 1 is 1.32 bits per heavy atom. The summed E-state index contributed by atoms with van der Waals surface area (Å²) < 4.78 is 0. The predicted molar refractivity (Wildman–Crippen MR) is 82.5 cm³/mol. The van der Waals surface area contributed by atoms with Gasteiger partial charge in [0, 0.05) is 12.0 Å². The number of aromatic hydroxyl groups is 1. The van der Waals surface area contributed by atoms with E-state index in [9.17, 15) is 14.7 Å². The van der Waals surface area contributed by atoms with Crippen LogP contribution < -0.4 is 0 Å². The van der Waals surface area contributed by atoms with Gasteiger partial charge in [-0.05, 0) is 43.0 Å². The van der Waals surface area contributed by atoms with E-state index in [-0.39, 0.29) is 18.1 Å². The maximum atomic E-state index is 11.7. The first-order valence-electron chi connectivity index (χ1n) is 7.31. The van der Waals surface area contributed by atoms with E-state index in [0.29, 0.717) is 31.2 Å². The molecule has 0 saturated carbocycles. The van der Waals surface area contributed by atoms with Gasteiger partial charge in [0.2, 0.25) is 0 Å². The normalized spacial score (nSPS) is 12.5. The number of phenols is 1. The number of aliphatic hydroxyl groups is 1. The number of aliphatic hydroxyl groups excluding tert-OH is 1. The maximum absolute atomic E-state index is 11.7. The molecule has 1 atom stereocenters. The standard InChI is InChI=1S/C17H22O5/c1-2-13(17(21)22)4-3-5-15(19)8-6-12-7-9-16(20)14(10-12)11-18/h3,5,7,9-10,13,18,20H,2,4,6,8,11H2,1H3,(H,21,22)/b5-3+. The lowest BCUT2D eigenvalue weighted by Crippen LogP contribution is -2.11. The second-order valence-corrected chi connectivity index (χ2v) is 5.17. The second kappa shape index (κ2) is 9.00. The molecule has 1 aromatic carbocycles. The molecule has 5 heteroatoms. The quantitative estimate of drug-likeness (QED) is 0.609. The van der Waals surface area contributed by atoms with E-state index >= 15 is 0 Å². The van der Waals surface area contributed by atoms with Gasteiger partial charge in [-0.3, -0.25) is 9.59 Å². The molecular formula is C17H22O5. The Morgan fingerprint density at radius 2 is 2.05 bits per heavy atom. The minimum atomic E-state index is -0.847. The molecule has 0 aliphatic rings. The van der Waals surface area contributed by atoms with Gasteiger partial charge in [0.05, 0.1) is 12.5 Å². The molecule has 0 fully saturated rings. The molecule has 0 heterocycles. The molecule has 0 aromatic heterocycles. The van der Waals surface area contributed by atoms with Crippen molar-refractivity contribution in [3.05, 3.63) is 41.5 Å². The van der Waals surface area contributed by atoms with Gasteiger partial charge >= 0.3 is 5.97 Å². The van der Waals surface area contributed by atoms with Crippen LogP contribution in [-0.2, 0) is 22.6 Å². The molecular weight excluding hydrogens is 284 g/mol. The van der Waals surface area contributed by atoms with Crippen LogP contribution in [0, 0.1) is 5.92 Å². The van der Waals surface area contributed by atoms with Gasteiger partial charge in [0.25, 0.3) is 0 Å². The van der Waals surface area contributed by atoms with Crippen molar-refractivity contribution in [3.63, 3.8) is 0 Å². The lowest BCUT2D eigenvalue weighted by molar-refractivity contribution is -0.141. The average molecular weight is 306 g/mol. The van der Waals surface area contributed by atoms with Crippen molar-refractivity contribution in [2.45, 2.75) is 39.2 Å². The topological polar surface area (TPSA) is 94.8 Å². The Kier molecular flexibility index (Phi) is 7.32. The summed E-state index contributed by atoms with van der Waals surface area (Å²) in [6.07, 6.45) is 4.74. The number of carboxylic acid groups (broad SMARTS) is 1. The van der Waals surface area contributed by atoms with Crippen LogP contribution in [-0.4, -0.2) is 27.1 Å². The SMILES string of the molecule is CCC(C/C=C/C(=O)CCc1ccc(O)c(CO)c1)C(=O)O. The summed E-state index contributed by atoms with van der Waals surface area (Å²) in [6, 6.07) is 4.88. The van der Waals surface area contributed by atoms with E-state index < -0.39 is 11.9 Å². The number of carbonyl (C=O) groups excluding carboxylic acids is 1. The molecule has 3 N–H and O–H groups in total. The molecule has 0 radical (unpaired) electrons. The van der Waals surface area contributed by atoms with Crippen molar-refractivity contribution in [2.24, 2.45) is 5.92 Å². The third-order valence-corrected chi connectivity index (χ3v) is 3.54. The van der Waals surface area contributed by atoms with Crippen molar-refractivity contribution in [2.75, 3.05) is 0 Å². The van der Waals surface area contributed by atoms with E-state index in [0.717, 1.165) is 5.56 Å². The minimum Gasteiger partial charge on any atom is -0.508 e. The number of allylic oxidation sites excluding steroid dienone is 2. The van der Waals surface area contributed by atoms with E-state index in [1.54, 1.807) is 25.1 Å². The van der Waals surface area contributed by atoms with E-state index in [1.807, 2.05) is 0 Å². The molecule has 1 rings (SSSR count). The number of rotatable bonds is 9. The molecule has 0 saturated heterocycles. The highest BCUT2D eigenvalue weighted by Crippen LogP contribution is 2.19. The lowest BCUT2D eigenvalue weighted by atomic mass is 10.0. The molecule has 120 valence electrons. The van der Waals surface area contributed by atoms with Gasteiger partial charge < -0.3 is 15.3 Å². The first kappa shape index (κ1) is 17.9. The summed E-state index contributed by atoms with van der Waals surface area (Å²) in [5, 5.41) is 27.4. The van der Waals surface area contributed by atoms with Gasteiger partial charge in [0.15, 0.2) is 5.78 Å². The Labute approximate surface area is 129 Å². The summed E-state index contributed by atoms with van der Waals surface area (Å²) in [5.74, 6) is -1.33. The summed E-state index contributed by atoms with van der Waals surface area (Å²) in [7, 11) is 0. The van der Waals surface area contributed by atoms with E-state index in [1.165, 1.54) is 12.1 Å². The summed E-state index contributed by atoms with van der Waals surface area (Å²) >= 11 is 0. The Hall–Kier alpha value is -2.14. The largest absolute Gasteiger partial charge is 0.508 e. The van der Waals surface area contributed by atoms with Crippen LogP contribution in [0.4, 0.5) is 0 Å². The van der Waals surface area contributed by atoms with Crippen molar-refractivity contribution >= 4 is 11.8 Å². The number of carbonyl (C=O) groups is 2. The van der Waals surface area contributed by atoms with E-state index in [2.05, 4.69) is 0 Å². The maximum Gasteiger partial charge on any atom is 0.306 e. The van der Waals surface area contributed by atoms with Gasteiger partial charge in [-0.15, -0.1) is 0 Å². The Balaban J connectivity index is 2.47. The highest BCUT2D eigenvalue weighted by atomic mass is 16.4. The summed E-state index contributed by atoms with van der Waals surface area (Å²) in [4.78, 5) is 22.6. The Morgan fingerprint density at radius 3 is 2.64 bits per heavy atom. The van der Waals surface area contributed by atoms with Crippen LogP contribution in [0.25, 0.3) is 0 Å². The van der Waals surface area contributed by atoms with E-state index in [4.69, 9.17) is 10.2 Å². The monoisotopic (exact) mass is 306 g/mol. The molecule has 0 aliphatic carbocycles. The van der Waals surface area contributed by atoms with Crippen LogP contribution in [0.1, 0.15) is 37.3 Å². The lowest BCUT2D eigenvalue weighted by Gasteiger charge is -2.05. The highest BCUT2D eigenvalue weighted by molar-refractivity contribution is 5.89. The zero-order valence-electron chi connectivity index (χ0n) is 12.7. The van der Waals surface area contributed by atoms with Crippen molar-refractivity contribution < 1.29 is 24.9 Å². The molecule has 5 nitrogen and oxygen atoms in total. The fraction of sp³-hybridized carbons (Fsp3) is 0.412. The molecule has 22 heavy (non-hydrogen) atoms. The number of aliphatic carboxylic acids is 1. The first-order chi connectivity index (χ1) is 10.5. The van der Waals surface area contributed by atoms with Crippen LogP contribution in [0.15, 0.2) is 30.4 Å². The second-order valence-electron chi connectivity index (χ2n) is 5.17. The van der Waals surface area contributed by atoms with Gasteiger partial charge in [-0.25, -0.2) is 0 Å².